The Hall–Kier alpha value is -0.910. The first-order valence-electron chi connectivity index (χ1n) is 6.75. The number of hydrogen-bond acceptors (Lipinski definition) is 4. The Bertz CT molecular complexity index is 434. The van der Waals surface area contributed by atoms with E-state index in [-0.39, 0.29) is 12.5 Å². The van der Waals surface area contributed by atoms with Gasteiger partial charge in [0.05, 0.1) is 11.5 Å². The Morgan fingerprint density at radius 3 is 2.47 bits per heavy atom. The lowest BCUT2D eigenvalue weighted by molar-refractivity contribution is 0.0239. The molecule has 5 heteroatoms. The van der Waals surface area contributed by atoms with Crippen LogP contribution in [0.5, 0.6) is 0 Å². The monoisotopic (exact) mass is 282 g/mol. The van der Waals surface area contributed by atoms with Crippen LogP contribution in [0.15, 0.2) is 12.1 Å². The van der Waals surface area contributed by atoms with Crippen LogP contribution in [0.2, 0.25) is 0 Å². The lowest BCUT2D eigenvalue weighted by Crippen LogP contribution is -2.58. The molecular formula is C14H22N2O2S. The van der Waals surface area contributed by atoms with Crippen LogP contribution in [0.4, 0.5) is 0 Å². The van der Waals surface area contributed by atoms with Gasteiger partial charge in [0.25, 0.3) is 5.91 Å². The van der Waals surface area contributed by atoms with Crippen molar-refractivity contribution < 1.29 is 9.90 Å². The number of rotatable bonds is 3. The van der Waals surface area contributed by atoms with Crippen LogP contribution in [0.3, 0.4) is 0 Å². The van der Waals surface area contributed by atoms with E-state index in [9.17, 15) is 4.79 Å². The standard InChI is InChI=1S/C14H22N2O2S/c1-10-8-15(9-11(2)16(10)6-7-17)14(18)13-5-4-12(3)19-13/h4-5,10-11,17H,6-9H2,1-3H3/t10-,11+. The molecule has 2 heterocycles. The Kier molecular flexibility index (Phi) is 4.60. The molecular weight excluding hydrogens is 260 g/mol. The van der Waals surface area contributed by atoms with Crippen LogP contribution < -0.4 is 0 Å². The zero-order valence-corrected chi connectivity index (χ0v) is 12.6. The van der Waals surface area contributed by atoms with Gasteiger partial charge in [-0.2, -0.15) is 0 Å². The molecule has 0 aromatic carbocycles. The molecule has 1 aliphatic rings. The molecule has 1 aliphatic heterocycles. The summed E-state index contributed by atoms with van der Waals surface area (Å²) >= 11 is 1.56. The first-order valence-corrected chi connectivity index (χ1v) is 7.57. The molecule has 1 fully saturated rings. The summed E-state index contributed by atoms with van der Waals surface area (Å²) in [4.78, 5) is 18.6. The number of aliphatic hydroxyl groups excluding tert-OH is 1. The second-order valence-corrected chi connectivity index (χ2v) is 6.57. The van der Waals surface area contributed by atoms with E-state index in [1.807, 2.05) is 24.0 Å². The molecule has 19 heavy (non-hydrogen) atoms. The van der Waals surface area contributed by atoms with Gasteiger partial charge in [-0.15, -0.1) is 11.3 Å². The molecule has 0 unspecified atom stereocenters. The number of thiophene rings is 1. The predicted molar refractivity (Wildman–Crippen MR) is 77.7 cm³/mol. The third-order valence-corrected chi connectivity index (χ3v) is 4.69. The van der Waals surface area contributed by atoms with Crippen LogP contribution in [-0.2, 0) is 0 Å². The number of amides is 1. The van der Waals surface area contributed by atoms with E-state index in [0.29, 0.717) is 18.6 Å². The molecule has 1 N–H and O–H groups in total. The van der Waals surface area contributed by atoms with Gasteiger partial charge in [0.15, 0.2) is 0 Å². The number of aliphatic hydroxyl groups is 1. The van der Waals surface area contributed by atoms with Crippen molar-refractivity contribution in [3.05, 3.63) is 21.9 Å². The minimum atomic E-state index is 0.139. The lowest BCUT2D eigenvalue weighted by Gasteiger charge is -2.44. The summed E-state index contributed by atoms with van der Waals surface area (Å²) in [5.41, 5.74) is 0. The molecule has 1 saturated heterocycles. The summed E-state index contributed by atoms with van der Waals surface area (Å²) in [5.74, 6) is 0.139. The van der Waals surface area contributed by atoms with Gasteiger partial charge in [0.2, 0.25) is 0 Å². The Morgan fingerprint density at radius 2 is 2.00 bits per heavy atom. The highest BCUT2D eigenvalue weighted by atomic mass is 32.1. The molecule has 106 valence electrons. The molecule has 0 aliphatic carbocycles. The number of carbonyl (C=O) groups is 1. The van der Waals surface area contributed by atoms with Gasteiger partial charge < -0.3 is 10.0 Å². The molecule has 1 amide bonds. The van der Waals surface area contributed by atoms with Crippen molar-refractivity contribution in [2.24, 2.45) is 0 Å². The summed E-state index contributed by atoms with van der Waals surface area (Å²) in [6.07, 6.45) is 0. The summed E-state index contributed by atoms with van der Waals surface area (Å²) in [7, 11) is 0. The number of piperazine rings is 1. The molecule has 1 aromatic rings. The van der Waals surface area contributed by atoms with Crippen LogP contribution in [0.1, 0.15) is 28.4 Å². The van der Waals surface area contributed by atoms with Gasteiger partial charge in [-0.05, 0) is 32.9 Å². The van der Waals surface area contributed by atoms with E-state index >= 15 is 0 Å². The van der Waals surface area contributed by atoms with E-state index in [1.165, 1.54) is 4.88 Å². The average Bonchev–Trinajstić information content (AvgIpc) is 2.79. The van der Waals surface area contributed by atoms with E-state index in [0.717, 1.165) is 18.0 Å². The van der Waals surface area contributed by atoms with Crippen molar-refractivity contribution in [3.63, 3.8) is 0 Å². The highest BCUT2D eigenvalue weighted by Crippen LogP contribution is 2.21. The zero-order valence-electron chi connectivity index (χ0n) is 11.8. The van der Waals surface area contributed by atoms with Gasteiger partial charge in [-0.1, -0.05) is 0 Å². The summed E-state index contributed by atoms with van der Waals surface area (Å²) in [5, 5.41) is 9.09. The lowest BCUT2D eigenvalue weighted by atomic mass is 10.1. The first-order chi connectivity index (χ1) is 9.02. The number of carbonyl (C=O) groups excluding carboxylic acids is 1. The van der Waals surface area contributed by atoms with Crippen molar-refractivity contribution in [1.29, 1.82) is 0 Å². The fraction of sp³-hybridized carbons (Fsp3) is 0.643. The quantitative estimate of drug-likeness (QED) is 0.915. The number of nitrogens with zero attached hydrogens (tertiary/aromatic N) is 2. The summed E-state index contributed by atoms with van der Waals surface area (Å²) < 4.78 is 0. The van der Waals surface area contributed by atoms with Crippen molar-refractivity contribution in [1.82, 2.24) is 9.80 Å². The zero-order chi connectivity index (χ0) is 14.0. The molecule has 0 bridgehead atoms. The maximum atomic E-state index is 12.4. The van der Waals surface area contributed by atoms with Crippen LogP contribution in [0.25, 0.3) is 0 Å². The Labute approximate surface area is 118 Å². The molecule has 0 radical (unpaired) electrons. The topological polar surface area (TPSA) is 43.8 Å². The van der Waals surface area contributed by atoms with E-state index in [1.54, 1.807) is 11.3 Å². The minimum Gasteiger partial charge on any atom is -0.395 e. The summed E-state index contributed by atoms with van der Waals surface area (Å²) in [6.45, 7) is 8.58. The number of β-amino-alcohol motifs (C(OH)–C–C–N with tert-alkyl or cyclic N) is 1. The molecule has 0 spiro atoms. The van der Waals surface area contributed by atoms with Crippen molar-refractivity contribution in [2.75, 3.05) is 26.2 Å². The van der Waals surface area contributed by atoms with Crippen molar-refractivity contribution in [2.45, 2.75) is 32.9 Å². The van der Waals surface area contributed by atoms with Gasteiger partial charge in [-0.25, -0.2) is 0 Å². The smallest absolute Gasteiger partial charge is 0.264 e. The highest BCUT2D eigenvalue weighted by Gasteiger charge is 2.31. The summed E-state index contributed by atoms with van der Waals surface area (Å²) in [6, 6.07) is 4.49. The van der Waals surface area contributed by atoms with Gasteiger partial charge in [0.1, 0.15) is 0 Å². The predicted octanol–water partition coefficient (Wildman–Crippen LogP) is 1.58. The SMILES string of the molecule is Cc1ccc(C(=O)N2C[C@@H](C)N(CCO)[C@@H](C)C2)s1. The van der Waals surface area contributed by atoms with Gasteiger partial charge >= 0.3 is 0 Å². The highest BCUT2D eigenvalue weighted by molar-refractivity contribution is 7.13. The molecule has 1 aromatic heterocycles. The van der Waals surface area contributed by atoms with E-state index in [4.69, 9.17) is 5.11 Å². The van der Waals surface area contributed by atoms with E-state index in [2.05, 4.69) is 18.7 Å². The number of aryl methyl sites for hydroxylation is 1. The Balaban J connectivity index is 2.05. The third kappa shape index (κ3) is 3.16. The second-order valence-electron chi connectivity index (χ2n) is 5.28. The van der Waals surface area contributed by atoms with Crippen LogP contribution >= 0.6 is 11.3 Å². The maximum Gasteiger partial charge on any atom is 0.264 e. The molecule has 0 saturated carbocycles. The second kappa shape index (κ2) is 6.03. The minimum absolute atomic E-state index is 0.139. The normalized spacial score (nSPS) is 24.7. The van der Waals surface area contributed by atoms with Crippen LogP contribution in [0, 0.1) is 6.92 Å². The first kappa shape index (κ1) is 14.5. The fourth-order valence-electron chi connectivity index (χ4n) is 2.78. The molecule has 2 atom stereocenters. The van der Waals surface area contributed by atoms with Crippen molar-refractivity contribution in [3.8, 4) is 0 Å². The molecule has 2 rings (SSSR count). The fourth-order valence-corrected chi connectivity index (χ4v) is 3.62. The maximum absolute atomic E-state index is 12.4. The van der Waals surface area contributed by atoms with Gasteiger partial charge in [0, 0.05) is 36.6 Å². The van der Waals surface area contributed by atoms with Crippen LogP contribution in [-0.4, -0.2) is 59.1 Å². The van der Waals surface area contributed by atoms with E-state index < -0.39 is 0 Å². The third-order valence-electron chi connectivity index (χ3n) is 3.70. The molecule has 4 nitrogen and oxygen atoms in total. The number of hydrogen-bond donors (Lipinski definition) is 1. The average molecular weight is 282 g/mol. The Morgan fingerprint density at radius 1 is 1.37 bits per heavy atom. The van der Waals surface area contributed by atoms with Crippen molar-refractivity contribution >= 4 is 17.2 Å². The van der Waals surface area contributed by atoms with Gasteiger partial charge in [-0.3, -0.25) is 9.69 Å². The largest absolute Gasteiger partial charge is 0.395 e.